The number of aromatic nitrogens is 3. The molecule has 268 valence electrons. The van der Waals surface area contributed by atoms with E-state index in [2.05, 4.69) is 68.6 Å². The number of rotatable bonds is 10. The van der Waals surface area contributed by atoms with Crippen molar-refractivity contribution in [3.05, 3.63) is 46.0 Å². The number of fused-ring (bicyclic) bond motifs is 2. The predicted molar refractivity (Wildman–Crippen MR) is 192 cm³/mol. The Balaban J connectivity index is 1.09. The second-order valence-electron chi connectivity index (χ2n) is 13.9. The molecule has 5 heterocycles. The Kier molecular flexibility index (Phi) is 10.2. The lowest BCUT2D eigenvalue weighted by molar-refractivity contribution is -0.126. The van der Waals surface area contributed by atoms with E-state index in [1.54, 1.807) is 15.3 Å². The van der Waals surface area contributed by atoms with Crippen molar-refractivity contribution < 1.29 is 21.6 Å². The molecule has 1 atom stereocenters. The number of nitrogens with zero attached hydrogens (tertiary/aromatic N) is 7. The molecule has 4 aromatic rings. The van der Waals surface area contributed by atoms with Gasteiger partial charge in [-0.15, -0.1) is 11.3 Å². The molecule has 1 N–H and O–H groups in total. The average molecular weight is 721 g/mol. The van der Waals surface area contributed by atoms with Crippen LogP contribution in [-0.4, -0.2) is 115 Å². The lowest BCUT2D eigenvalue weighted by Gasteiger charge is -2.37. The molecule has 0 amide bonds. The van der Waals surface area contributed by atoms with Crippen molar-refractivity contribution >= 4 is 54.2 Å². The minimum absolute atomic E-state index is 0.159. The highest BCUT2D eigenvalue weighted by molar-refractivity contribution is 7.88. The lowest BCUT2D eigenvalue weighted by Crippen LogP contribution is -2.51. The van der Waals surface area contributed by atoms with Crippen LogP contribution in [0.3, 0.4) is 0 Å². The molecule has 6 rings (SSSR count). The molecule has 1 aromatic carbocycles. The quantitative estimate of drug-likeness (QED) is 0.231. The Morgan fingerprint density at radius 2 is 1.71 bits per heavy atom. The number of piperazine rings is 1. The second kappa shape index (κ2) is 14.0. The van der Waals surface area contributed by atoms with Gasteiger partial charge in [0.05, 0.1) is 18.1 Å². The van der Waals surface area contributed by atoms with E-state index in [0.29, 0.717) is 35.1 Å². The summed E-state index contributed by atoms with van der Waals surface area (Å²) in [5, 5.41) is 5.47. The van der Waals surface area contributed by atoms with E-state index >= 15 is 0 Å². The molecule has 3 aromatic heterocycles. The lowest BCUT2D eigenvalue weighted by atomic mass is 10.0. The first-order chi connectivity index (χ1) is 23.1. The molecular weight excluding hydrogens is 674 g/mol. The number of aryl methyl sites for hydroxylation is 2. The summed E-state index contributed by atoms with van der Waals surface area (Å²) in [6.45, 7) is 12.6. The van der Waals surface area contributed by atoms with Crippen molar-refractivity contribution in [1.29, 1.82) is 0 Å². The smallest absolute Gasteiger partial charge is 0.367 e. The van der Waals surface area contributed by atoms with Crippen LogP contribution in [0.5, 0.6) is 0 Å². The van der Waals surface area contributed by atoms with Crippen LogP contribution in [0.4, 0.5) is 24.9 Å². The molecule has 49 heavy (non-hydrogen) atoms. The average Bonchev–Trinajstić information content (AvgIpc) is 3.58. The van der Waals surface area contributed by atoms with E-state index in [1.807, 2.05) is 14.1 Å². The Bertz CT molecular complexity index is 1910. The molecule has 2 fully saturated rings. The molecule has 2 aliphatic rings. The fourth-order valence-corrected chi connectivity index (χ4v) is 9.03. The van der Waals surface area contributed by atoms with Crippen LogP contribution in [0.1, 0.15) is 41.5 Å². The summed E-state index contributed by atoms with van der Waals surface area (Å²) in [6.07, 6.45) is -2.16. The summed E-state index contributed by atoms with van der Waals surface area (Å²) >= 11 is 1.08. The van der Waals surface area contributed by atoms with Gasteiger partial charge in [0.2, 0.25) is 16.0 Å². The normalized spacial score (nSPS) is 18.5. The monoisotopic (exact) mass is 720 g/mol. The third-order valence-corrected chi connectivity index (χ3v) is 12.3. The first kappa shape index (κ1) is 35.8. The summed E-state index contributed by atoms with van der Waals surface area (Å²) in [4.78, 5) is 16.6. The van der Waals surface area contributed by atoms with Crippen molar-refractivity contribution in [2.24, 2.45) is 0 Å². The van der Waals surface area contributed by atoms with Crippen LogP contribution in [-0.2, 0) is 29.5 Å². The highest BCUT2D eigenvalue weighted by Gasteiger charge is 2.30. The first-order valence-corrected chi connectivity index (χ1v) is 19.5. The number of halogens is 3. The Morgan fingerprint density at radius 3 is 2.35 bits per heavy atom. The van der Waals surface area contributed by atoms with Gasteiger partial charge in [-0.1, -0.05) is 6.07 Å². The number of thiophene rings is 1. The standard InChI is InChI=1S/C34H47F3N8O2S2/c1-22-17-28-24(3)25(7-8-30(28)45(22)20-23(2)43-13-15-44(16-14-43)49(6,46)47)21-42-11-9-26(10-12-42)38-31-29-18-27(19-34(35,36)37)48-32(29)40-33(39-31)41(4)5/h7-8,17-18,23,26H,9-16,19-21H2,1-6H3,(H,38,39,40)/t23-/m0/s1. The van der Waals surface area contributed by atoms with Crippen molar-refractivity contribution in [2.45, 2.75) is 71.4 Å². The Hall–Kier alpha value is -2.98. The van der Waals surface area contributed by atoms with Crippen LogP contribution in [0.25, 0.3) is 21.1 Å². The molecule has 2 aliphatic heterocycles. The highest BCUT2D eigenvalue weighted by atomic mass is 32.2. The number of hydrogen-bond acceptors (Lipinski definition) is 9. The Morgan fingerprint density at radius 1 is 1.02 bits per heavy atom. The molecule has 0 aliphatic carbocycles. The molecule has 15 heteroatoms. The van der Waals surface area contributed by atoms with Gasteiger partial charge in [0, 0.05) is 100 Å². The minimum Gasteiger partial charge on any atom is -0.367 e. The zero-order valence-corrected chi connectivity index (χ0v) is 30.8. The summed E-state index contributed by atoms with van der Waals surface area (Å²) in [6, 6.07) is 8.80. The van der Waals surface area contributed by atoms with Crippen LogP contribution < -0.4 is 10.2 Å². The van der Waals surface area contributed by atoms with E-state index in [4.69, 9.17) is 0 Å². The maximum atomic E-state index is 13.1. The number of hydrogen-bond donors (Lipinski definition) is 1. The molecule has 2 saturated heterocycles. The number of likely N-dealkylation sites (tertiary alicyclic amines) is 1. The summed E-state index contributed by atoms with van der Waals surface area (Å²) in [5.41, 5.74) is 5.05. The van der Waals surface area contributed by atoms with Gasteiger partial charge in [-0.2, -0.15) is 22.5 Å². The SMILES string of the molecule is Cc1c(CN2CCC(Nc3nc(N(C)C)nc4sc(CC(F)(F)F)cc34)CC2)ccc2c1cc(C)n2C[C@H](C)N1CCN(S(C)(=O)=O)CC1. The second-order valence-corrected chi connectivity index (χ2v) is 17.0. The van der Waals surface area contributed by atoms with Gasteiger partial charge in [0.25, 0.3) is 0 Å². The number of anilines is 2. The maximum Gasteiger partial charge on any atom is 0.393 e. The van der Waals surface area contributed by atoms with Crippen molar-refractivity contribution in [3.8, 4) is 0 Å². The van der Waals surface area contributed by atoms with Gasteiger partial charge >= 0.3 is 6.18 Å². The zero-order chi connectivity index (χ0) is 35.2. The van der Waals surface area contributed by atoms with Crippen LogP contribution in [0.15, 0.2) is 24.3 Å². The van der Waals surface area contributed by atoms with E-state index in [1.165, 1.54) is 34.0 Å². The molecule has 10 nitrogen and oxygen atoms in total. The van der Waals surface area contributed by atoms with Gasteiger partial charge < -0.3 is 14.8 Å². The fourth-order valence-electron chi connectivity index (χ4n) is 7.15. The molecule has 0 radical (unpaired) electrons. The van der Waals surface area contributed by atoms with Crippen molar-refractivity contribution in [2.75, 3.05) is 69.8 Å². The van der Waals surface area contributed by atoms with Gasteiger partial charge in [-0.25, -0.2) is 13.4 Å². The largest absolute Gasteiger partial charge is 0.393 e. The van der Waals surface area contributed by atoms with Gasteiger partial charge in [-0.3, -0.25) is 9.80 Å². The van der Waals surface area contributed by atoms with Crippen molar-refractivity contribution in [1.82, 2.24) is 28.6 Å². The van der Waals surface area contributed by atoms with E-state index in [0.717, 1.165) is 63.4 Å². The zero-order valence-electron chi connectivity index (χ0n) is 29.1. The van der Waals surface area contributed by atoms with Gasteiger partial charge in [0.15, 0.2) is 0 Å². The van der Waals surface area contributed by atoms with Crippen molar-refractivity contribution in [3.63, 3.8) is 0 Å². The topological polar surface area (TPSA) is 89.8 Å². The number of sulfonamides is 1. The number of nitrogens with one attached hydrogen (secondary N) is 1. The van der Waals surface area contributed by atoms with E-state index < -0.39 is 22.6 Å². The summed E-state index contributed by atoms with van der Waals surface area (Å²) in [7, 11) is 0.509. The fraction of sp³-hybridized carbons (Fsp3) is 0.588. The van der Waals surface area contributed by atoms with Crippen LogP contribution >= 0.6 is 11.3 Å². The predicted octanol–water partition coefficient (Wildman–Crippen LogP) is 5.48. The molecule has 0 bridgehead atoms. The maximum absolute atomic E-state index is 13.1. The highest BCUT2D eigenvalue weighted by Crippen LogP contribution is 2.35. The first-order valence-electron chi connectivity index (χ1n) is 16.9. The number of benzene rings is 1. The molecular formula is C34H47F3N8O2S2. The van der Waals surface area contributed by atoms with Gasteiger partial charge in [0.1, 0.15) is 10.6 Å². The summed E-state index contributed by atoms with van der Waals surface area (Å²) < 4.78 is 67.3. The third kappa shape index (κ3) is 8.16. The van der Waals surface area contributed by atoms with Crippen LogP contribution in [0, 0.1) is 13.8 Å². The molecule has 0 spiro atoms. The number of alkyl halides is 3. The third-order valence-electron chi connectivity index (χ3n) is 10.0. The van der Waals surface area contributed by atoms with Gasteiger partial charge in [-0.05, 0) is 62.9 Å². The minimum atomic E-state index is -4.27. The van der Waals surface area contributed by atoms with E-state index in [9.17, 15) is 21.6 Å². The Labute approximate surface area is 290 Å². The van der Waals surface area contributed by atoms with E-state index in [-0.39, 0.29) is 17.0 Å². The van der Waals surface area contributed by atoms with Crippen LogP contribution in [0.2, 0.25) is 0 Å². The molecule has 0 unspecified atom stereocenters. The number of piperidine rings is 1. The molecule has 0 saturated carbocycles. The summed E-state index contributed by atoms with van der Waals surface area (Å²) in [5.74, 6) is 1.08.